The van der Waals surface area contributed by atoms with Crippen LogP contribution in [0.1, 0.15) is 12.0 Å². The van der Waals surface area contributed by atoms with Gasteiger partial charge in [-0.05, 0) is 11.6 Å². The summed E-state index contributed by atoms with van der Waals surface area (Å²) in [5, 5.41) is 13.3. The summed E-state index contributed by atoms with van der Waals surface area (Å²) in [4.78, 5) is 2.12. The Morgan fingerprint density at radius 2 is 1.64 bits per heavy atom. The molecule has 0 bridgehead atoms. The topological polar surface area (TPSA) is 3.24 Å². The van der Waals surface area contributed by atoms with Crippen molar-refractivity contribution >= 4 is 21.6 Å². The van der Waals surface area contributed by atoms with Crippen molar-refractivity contribution in [1.82, 2.24) is 0 Å². The molecule has 0 heterocycles. The molecule has 124 valence electrons. The van der Waals surface area contributed by atoms with Gasteiger partial charge in [0.2, 0.25) is 0 Å². The third kappa shape index (κ3) is 6.06. The number of benzene rings is 1. The van der Waals surface area contributed by atoms with Gasteiger partial charge in [-0.1, -0.05) is 34.1 Å². The van der Waals surface area contributed by atoms with Crippen molar-refractivity contribution in [3.8, 4) is 0 Å². The number of halogens is 1. The van der Waals surface area contributed by atoms with Gasteiger partial charge in [-0.15, -0.1) is 0 Å². The van der Waals surface area contributed by atoms with Gasteiger partial charge in [-0.3, -0.25) is 0 Å². The molecule has 1 nitrogen and oxygen atoms in total. The Bertz CT molecular complexity index is 577. The molecule has 1 aliphatic carbocycles. The average Bonchev–Trinajstić information content (AvgIpc) is 2.92. The standard InChI is InChI=1S/C9H12BrN.C5H5.5CH3.Ti/c1-11(2)9-6-4-3-5-8(9)7-10;1-2-4-5-3-1;;;;;;/h3-6H,7H2,1-2H3;1-3H,4H2;5*1H3;. The van der Waals surface area contributed by atoms with Crippen LogP contribution in [0.15, 0.2) is 46.4 Å². The number of hydrogen-bond acceptors (Lipinski definition) is 1. The van der Waals surface area contributed by atoms with Gasteiger partial charge in [0.05, 0.1) is 0 Å². The summed E-state index contributed by atoms with van der Waals surface area (Å²) < 4.78 is 1.70. The maximum absolute atomic E-state index is 3.45. The normalized spacial score (nSPS) is 17.0. The summed E-state index contributed by atoms with van der Waals surface area (Å²) in [6.07, 6.45) is 7.98. The first-order valence-electron chi connectivity index (χ1n) is 8.03. The van der Waals surface area contributed by atoms with E-state index in [1.54, 1.807) is 3.88 Å². The maximum atomic E-state index is 3.45. The van der Waals surface area contributed by atoms with E-state index >= 15 is 0 Å². The van der Waals surface area contributed by atoms with Gasteiger partial charge in [0.15, 0.2) is 0 Å². The van der Waals surface area contributed by atoms with Gasteiger partial charge >= 0.3 is 68.7 Å². The van der Waals surface area contributed by atoms with Crippen LogP contribution in [0.3, 0.4) is 0 Å². The Labute approximate surface area is 144 Å². The molecule has 0 radical (unpaired) electrons. The minimum absolute atomic E-state index is 0.918. The van der Waals surface area contributed by atoms with E-state index in [1.165, 1.54) is 17.7 Å². The van der Waals surface area contributed by atoms with Crippen molar-refractivity contribution < 1.29 is 14.0 Å². The molecule has 0 aromatic heterocycles. The Balaban J connectivity index is 0.000000220. The van der Waals surface area contributed by atoms with Crippen LogP contribution < -0.4 is 4.90 Å². The molecule has 1 aromatic carbocycles. The number of rotatable bonds is 3. The SMILES string of the molecule is CN(C)c1ccccc1CBr.[CH3][Ti]([CH3])([CH3])([CH3])([CH3])[C]1=CC=CC1. The minimum atomic E-state index is -2.61. The van der Waals surface area contributed by atoms with E-state index in [2.05, 4.69) is 104 Å². The Morgan fingerprint density at radius 3 is 1.95 bits per heavy atom. The summed E-state index contributed by atoms with van der Waals surface area (Å²) in [7, 11) is 4.11. The van der Waals surface area contributed by atoms with E-state index < -0.39 is 14.0 Å². The zero-order chi connectivity index (χ0) is 17.1. The summed E-state index contributed by atoms with van der Waals surface area (Å²) in [5.74, 6) is 0. The summed E-state index contributed by atoms with van der Waals surface area (Å²) in [6.45, 7) is 0. The van der Waals surface area contributed by atoms with E-state index in [0.29, 0.717) is 0 Å². The van der Waals surface area contributed by atoms with Crippen LogP contribution in [-0.2, 0) is 19.4 Å². The monoisotopic (exact) mass is 401 g/mol. The molecule has 0 aliphatic heterocycles. The molecule has 2 rings (SSSR count). The summed E-state index contributed by atoms with van der Waals surface area (Å²) in [6, 6.07) is 8.37. The van der Waals surface area contributed by atoms with Gasteiger partial charge < -0.3 is 4.90 Å². The Kier molecular flexibility index (Phi) is 5.65. The molecular weight excluding hydrogens is 370 g/mol. The van der Waals surface area contributed by atoms with E-state index in [4.69, 9.17) is 0 Å². The first-order chi connectivity index (χ1) is 9.85. The van der Waals surface area contributed by atoms with Crippen LogP contribution >= 0.6 is 15.9 Å². The van der Waals surface area contributed by atoms with Crippen molar-refractivity contribution in [3.05, 3.63) is 51.9 Å². The molecule has 0 saturated heterocycles. The van der Waals surface area contributed by atoms with Gasteiger partial charge in [0.1, 0.15) is 0 Å². The van der Waals surface area contributed by atoms with E-state index in [-0.39, 0.29) is 0 Å². The predicted molar refractivity (Wildman–Crippen MR) is 105 cm³/mol. The molecule has 0 unspecified atom stereocenters. The molecule has 1 aliphatic rings. The molecule has 3 heteroatoms. The van der Waals surface area contributed by atoms with Crippen molar-refractivity contribution in [2.45, 2.75) is 37.9 Å². The van der Waals surface area contributed by atoms with Crippen LogP contribution in [-0.4, -0.2) is 14.1 Å². The second-order valence-corrected chi connectivity index (χ2v) is 31.3. The second kappa shape index (κ2) is 6.30. The second-order valence-electron chi connectivity index (χ2n) is 10.2. The fraction of sp³-hybridized carbons (Fsp3) is 0.474. The van der Waals surface area contributed by atoms with E-state index in [0.717, 1.165) is 5.33 Å². The number of nitrogens with zero attached hydrogens (tertiary/aromatic N) is 1. The molecule has 0 N–H and O–H groups in total. The number of para-hydroxylation sites is 1. The molecular formula is C19H32BrNTi. The zero-order valence-corrected chi connectivity index (χ0v) is 18.4. The van der Waals surface area contributed by atoms with Crippen LogP contribution in [0.2, 0.25) is 26.1 Å². The van der Waals surface area contributed by atoms with Crippen molar-refractivity contribution in [2.24, 2.45) is 0 Å². The quantitative estimate of drug-likeness (QED) is 0.391. The summed E-state index contributed by atoms with van der Waals surface area (Å²) in [5.41, 5.74) is 2.61. The number of alkyl halides is 1. The Hall–Kier alpha value is -0.306. The third-order valence-corrected chi connectivity index (χ3v) is 10.2. The van der Waals surface area contributed by atoms with Crippen molar-refractivity contribution in [3.63, 3.8) is 0 Å². The predicted octanol–water partition coefficient (Wildman–Crippen LogP) is 6.94. The first-order valence-corrected chi connectivity index (χ1v) is 17.7. The molecule has 0 spiro atoms. The first kappa shape index (κ1) is 19.7. The number of anilines is 1. The fourth-order valence-corrected chi connectivity index (χ4v) is 6.14. The summed E-state index contributed by atoms with van der Waals surface area (Å²) >= 11 is 0.843. The fourth-order valence-electron chi connectivity index (χ4n) is 2.43. The number of allylic oxidation sites excluding steroid dienone is 4. The zero-order valence-electron chi connectivity index (χ0n) is 15.3. The van der Waals surface area contributed by atoms with E-state index in [9.17, 15) is 0 Å². The molecule has 22 heavy (non-hydrogen) atoms. The number of hydrogen-bond donors (Lipinski definition) is 0. The Morgan fingerprint density at radius 1 is 1.05 bits per heavy atom. The average molecular weight is 402 g/mol. The van der Waals surface area contributed by atoms with Gasteiger partial charge in [0.25, 0.3) is 0 Å². The molecule has 0 saturated carbocycles. The van der Waals surface area contributed by atoms with Crippen LogP contribution in [0.4, 0.5) is 5.69 Å². The van der Waals surface area contributed by atoms with Crippen LogP contribution in [0.5, 0.6) is 0 Å². The van der Waals surface area contributed by atoms with Gasteiger partial charge in [-0.25, -0.2) is 0 Å². The van der Waals surface area contributed by atoms with Crippen LogP contribution in [0.25, 0.3) is 0 Å². The van der Waals surface area contributed by atoms with Gasteiger partial charge in [0, 0.05) is 25.1 Å². The molecule has 1 aromatic rings. The molecule has 0 fully saturated rings. The van der Waals surface area contributed by atoms with Gasteiger partial charge in [-0.2, -0.15) is 0 Å². The van der Waals surface area contributed by atoms with E-state index in [1.807, 2.05) is 0 Å². The van der Waals surface area contributed by atoms with Crippen molar-refractivity contribution in [1.29, 1.82) is 0 Å². The van der Waals surface area contributed by atoms with Crippen LogP contribution in [0, 0.1) is 0 Å². The van der Waals surface area contributed by atoms with Crippen molar-refractivity contribution in [2.75, 3.05) is 19.0 Å². The molecule has 0 amide bonds. The molecule has 0 atom stereocenters. The third-order valence-electron chi connectivity index (χ3n) is 3.99.